The number of hydrogen-bond acceptors (Lipinski definition) is 4. The minimum atomic E-state index is -0.190. The molecule has 1 unspecified atom stereocenters. The van der Waals surface area contributed by atoms with Crippen LogP contribution in [0.1, 0.15) is 31.6 Å². The molecule has 1 aliphatic heterocycles. The maximum Gasteiger partial charge on any atom is 0.225 e. The minimum absolute atomic E-state index is 0.0746. The Hall–Kier alpha value is -2.27. The molecule has 25 heavy (non-hydrogen) atoms. The molecular weight excluding hydrogens is 340 g/mol. The summed E-state index contributed by atoms with van der Waals surface area (Å²) in [7, 11) is 0. The molecule has 0 aliphatic carbocycles. The van der Waals surface area contributed by atoms with Crippen LogP contribution in [-0.4, -0.2) is 29.2 Å². The first kappa shape index (κ1) is 17.5. The zero-order chi connectivity index (χ0) is 17.8. The second-order valence-corrected chi connectivity index (χ2v) is 6.80. The first-order valence-electron chi connectivity index (χ1n) is 8.34. The SMILES string of the molecule is CC(C)C(=O)N(Cc1ccccc1)CC1CC(c2ccc(Cl)o2)=NO1. The summed E-state index contributed by atoms with van der Waals surface area (Å²) in [5.41, 5.74) is 1.81. The Bertz CT molecular complexity index is 755. The highest BCUT2D eigenvalue weighted by atomic mass is 35.5. The predicted octanol–water partition coefficient (Wildman–Crippen LogP) is 4.11. The molecule has 0 bridgehead atoms. The molecule has 1 aromatic carbocycles. The van der Waals surface area contributed by atoms with E-state index >= 15 is 0 Å². The van der Waals surface area contributed by atoms with Crippen molar-refractivity contribution in [2.24, 2.45) is 11.1 Å². The number of furan rings is 1. The first-order chi connectivity index (χ1) is 12.0. The van der Waals surface area contributed by atoms with E-state index in [0.717, 1.165) is 5.56 Å². The molecule has 0 saturated heterocycles. The van der Waals surface area contributed by atoms with Gasteiger partial charge in [0.15, 0.2) is 17.1 Å². The Balaban J connectivity index is 1.66. The van der Waals surface area contributed by atoms with Crippen molar-refractivity contribution in [1.29, 1.82) is 0 Å². The van der Waals surface area contributed by atoms with Gasteiger partial charge < -0.3 is 14.2 Å². The fourth-order valence-electron chi connectivity index (χ4n) is 2.79. The second-order valence-electron chi connectivity index (χ2n) is 6.43. The average Bonchev–Trinajstić information content (AvgIpc) is 3.23. The van der Waals surface area contributed by atoms with Gasteiger partial charge in [-0.3, -0.25) is 4.79 Å². The first-order valence-corrected chi connectivity index (χ1v) is 8.72. The van der Waals surface area contributed by atoms with Crippen molar-refractivity contribution in [1.82, 2.24) is 4.90 Å². The van der Waals surface area contributed by atoms with Crippen molar-refractivity contribution in [2.75, 3.05) is 6.54 Å². The van der Waals surface area contributed by atoms with Gasteiger partial charge in [0.25, 0.3) is 0 Å². The molecule has 0 spiro atoms. The third-order valence-corrected chi connectivity index (χ3v) is 4.24. The highest BCUT2D eigenvalue weighted by Crippen LogP contribution is 2.22. The summed E-state index contributed by atoms with van der Waals surface area (Å²) in [5.74, 6) is 0.633. The van der Waals surface area contributed by atoms with E-state index < -0.39 is 0 Å². The van der Waals surface area contributed by atoms with Crippen molar-refractivity contribution in [3.8, 4) is 0 Å². The van der Waals surface area contributed by atoms with Gasteiger partial charge in [-0.15, -0.1) is 0 Å². The highest BCUT2D eigenvalue weighted by Gasteiger charge is 2.29. The van der Waals surface area contributed by atoms with Crippen molar-refractivity contribution in [3.05, 3.63) is 59.0 Å². The van der Waals surface area contributed by atoms with Gasteiger partial charge in [0, 0.05) is 18.9 Å². The molecular formula is C19H21ClN2O3. The Kier molecular flexibility index (Phi) is 5.43. The van der Waals surface area contributed by atoms with Gasteiger partial charge in [0.2, 0.25) is 5.91 Å². The molecule has 1 atom stereocenters. The summed E-state index contributed by atoms with van der Waals surface area (Å²) in [6.07, 6.45) is 0.394. The summed E-state index contributed by atoms with van der Waals surface area (Å²) in [6, 6.07) is 13.4. The second kappa shape index (κ2) is 7.74. The van der Waals surface area contributed by atoms with Crippen LogP contribution in [0.5, 0.6) is 0 Å². The van der Waals surface area contributed by atoms with Gasteiger partial charge in [-0.05, 0) is 29.3 Å². The summed E-state index contributed by atoms with van der Waals surface area (Å²) in [5, 5.41) is 4.41. The number of nitrogens with zero attached hydrogens (tertiary/aromatic N) is 2. The fourth-order valence-corrected chi connectivity index (χ4v) is 2.93. The van der Waals surface area contributed by atoms with Crippen molar-refractivity contribution in [3.63, 3.8) is 0 Å². The van der Waals surface area contributed by atoms with E-state index in [9.17, 15) is 4.79 Å². The van der Waals surface area contributed by atoms with Gasteiger partial charge in [-0.1, -0.05) is 49.3 Å². The lowest BCUT2D eigenvalue weighted by Crippen LogP contribution is -2.39. The van der Waals surface area contributed by atoms with Crippen LogP contribution in [0, 0.1) is 5.92 Å². The summed E-state index contributed by atoms with van der Waals surface area (Å²) >= 11 is 5.81. The number of rotatable bonds is 6. The molecule has 2 aromatic rings. The van der Waals surface area contributed by atoms with Crippen LogP contribution >= 0.6 is 11.6 Å². The smallest absolute Gasteiger partial charge is 0.225 e. The lowest BCUT2D eigenvalue weighted by Gasteiger charge is -2.26. The van der Waals surface area contributed by atoms with Crippen LogP contribution in [-0.2, 0) is 16.2 Å². The molecule has 2 heterocycles. The van der Waals surface area contributed by atoms with E-state index in [1.165, 1.54) is 0 Å². The van der Waals surface area contributed by atoms with E-state index in [-0.39, 0.29) is 17.9 Å². The van der Waals surface area contributed by atoms with Gasteiger partial charge in [-0.25, -0.2) is 0 Å². The Morgan fingerprint density at radius 2 is 2.04 bits per heavy atom. The molecule has 1 amide bonds. The number of carbonyl (C=O) groups excluding carboxylic acids is 1. The molecule has 0 fully saturated rings. The predicted molar refractivity (Wildman–Crippen MR) is 96.4 cm³/mol. The minimum Gasteiger partial charge on any atom is -0.443 e. The van der Waals surface area contributed by atoms with Gasteiger partial charge in [-0.2, -0.15) is 0 Å². The van der Waals surface area contributed by atoms with E-state index in [1.807, 2.05) is 49.1 Å². The number of oxime groups is 1. The Morgan fingerprint density at radius 3 is 2.68 bits per heavy atom. The number of amides is 1. The largest absolute Gasteiger partial charge is 0.443 e. The van der Waals surface area contributed by atoms with Crippen LogP contribution in [0.15, 0.2) is 52.0 Å². The van der Waals surface area contributed by atoms with Gasteiger partial charge >= 0.3 is 0 Å². The molecule has 0 saturated carbocycles. The number of halogens is 1. The fraction of sp³-hybridized carbons (Fsp3) is 0.368. The highest BCUT2D eigenvalue weighted by molar-refractivity contribution is 6.29. The van der Waals surface area contributed by atoms with Crippen molar-refractivity contribution >= 4 is 23.2 Å². The zero-order valence-corrected chi connectivity index (χ0v) is 15.1. The summed E-state index contributed by atoms with van der Waals surface area (Å²) in [6.45, 7) is 4.85. The molecule has 1 aliphatic rings. The van der Waals surface area contributed by atoms with Crippen molar-refractivity contribution in [2.45, 2.75) is 32.9 Å². The van der Waals surface area contributed by atoms with E-state index in [2.05, 4.69) is 5.16 Å². The maximum atomic E-state index is 12.6. The van der Waals surface area contributed by atoms with Crippen LogP contribution in [0.4, 0.5) is 0 Å². The van der Waals surface area contributed by atoms with Crippen LogP contribution in [0.25, 0.3) is 0 Å². The molecule has 6 heteroatoms. The quantitative estimate of drug-likeness (QED) is 0.778. The standard InChI is InChI=1S/C19H21ClN2O3/c1-13(2)19(23)22(11-14-6-4-3-5-7-14)12-15-10-16(21-25-15)17-8-9-18(20)24-17/h3-9,13,15H,10-12H2,1-2H3. The van der Waals surface area contributed by atoms with Crippen LogP contribution in [0.2, 0.25) is 5.22 Å². The number of hydrogen-bond donors (Lipinski definition) is 0. The van der Waals surface area contributed by atoms with Gasteiger partial charge in [0.05, 0.1) is 6.54 Å². The third-order valence-electron chi connectivity index (χ3n) is 4.04. The molecule has 1 aromatic heterocycles. The zero-order valence-electron chi connectivity index (χ0n) is 14.3. The number of carbonyl (C=O) groups is 1. The molecule has 5 nitrogen and oxygen atoms in total. The third kappa shape index (κ3) is 4.42. The monoisotopic (exact) mass is 360 g/mol. The van der Waals surface area contributed by atoms with E-state index in [1.54, 1.807) is 12.1 Å². The summed E-state index contributed by atoms with van der Waals surface area (Å²) < 4.78 is 5.38. The van der Waals surface area contributed by atoms with Crippen LogP contribution in [0.3, 0.4) is 0 Å². The molecule has 132 valence electrons. The normalized spacial score (nSPS) is 16.6. The topological polar surface area (TPSA) is 55.0 Å². The lowest BCUT2D eigenvalue weighted by molar-refractivity contribution is -0.136. The van der Waals surface area contributed by atoms with E-state index in [0.29, 0.717) is 36.2 Å². The van der Waals surface area contributed by atoms with Gasteiger partial charge in [0.1, 0.15) is 5.71 Å². The average molecular weight is 361 g/mol. The molecule has 3 rings (SSSR count). The molecule has 0 radical (unpaired) electrons. The molecule has 0 N–H and O–H groups in total. The van der Waals surface area contributed by atoms with Crippen LogP contribution < -0.4 is 0 Å². The summed E-state index contributed by atoms with van der Waals surface area (Å²) in [4.78, 5) is 19.9. The Labute approximate surface area is 152 Å². The van der Waals surface area contributed by atoms with Crippen molar-refractivity contribution < 1.29 is 14.0 Å². The number of benzene rings is 1. The lowest BCUT2D eigenvalue weighted by atomic mass is 10.1. The maximum absolute atomic E-state index is 12.6. The van der Waals surface area contributed by atoms with E-state index in [4.69, 9.17) is 20.9 Å². The Morgan fingerprint density at radius 1 is 1.28 bits per heavy atom.